The summed E-state index contributed by atoms with van der Waals surface area (Å²) in [5.74, 6) is 1.68. The first-order valence-corrected chi connectivity index (χ1v) is 8.65. The lowest BCUT2D eigenvalue weighted by atomic mass is 10.1. The maximum absolute atomic E-state index is 6.02. The summed E-state index contributed by atoms with van der Waals surface area (Å²) >= 11 is 0. The van der Waals surface area contributed by atoms with Gasteiger partial charge in [0.25, 0.3) is 0 Å². The van der Waals surface area contributed by atoms with E-state index < -0.39 is 0 Å². The van der Waals surface area contributed by atoms with E-state index >= 15 is 0 Å². The minimum absolute atomic E-state index is 0.216. The summed E-state index contributed by atoms with van der Waals surface area (Å²) in [6.45, 7) is 12.5. The van der Waals surface area contributed by atoms with E-state index in [-0.39, 0.29) is 11.7 Å². The lowest BCUT2D eigenvalue weighted by Crippen LogP contribution is -2.37. The molecule has 0 saturated heterocycles. The molecule has 24 heavy (non-hydrogen) atoms. The van der Waals surface area contributed by atoms with Gasteiger partial charge in [0, 0.05) is 32.3 Å². The molecule has 136 valence electrons. The first-order chi connectivity index (χ1) is 11.3. The SMILES string of the molecule is CN=C(NCCCOC(C)C)NCc1ccccc1OC(C)(C)C. The fraction of sp³-hybridized carbons (Fsp3) is 0.632. The van der Waals surface area contributed by atoms with Crippen LogP contribution in [0, 0.1) is 0 Å². The number of hydrogen-bond donors (Lipinski definition) is 2. The molecular weight excluding hydrogens is 302 g/mol. The fourth-order valence-electron chi connectivity index (χ4n) is 2.08. The van der Waals surface area contributed by atoms with Crippen LogP contribution in [-0.4, -0.2) is 37.9 Å². The largest absolute Gasteiger partial charge is 0.488 e. The highest BCUT2D eigenvalue weighted by molar-refractivity contribution is 5.79. The normalized spacial score (nSPS) is 12.4. The first kappa shape index (κ1) is 20.3. The van der Waals surface area contributed by atoms with Gasteiger partial charge in [-0.2, -0.15) is 0 Å². The number of benzene rings is 1. The number of aliphatic imine (C=N–C) groups is 1. The molecule has 5 heteroatoms. The highest BCUT2D eigenvalue weighted by atomic mass is 16.5. The molecule has 0 aliphatic carbocycles. The van der Waals surface area contributed by atoms with Crippen molar-refractivity contribution in [3.8, 4) is 5.75 Å². The van der Waals surface area contributed by atoms with Crippen LogP contribution in [0.15, 0.2) is 29.3 Å². The molecule has 5 nitrogen and oxygen atoms in total. The van der Waals surface area contributed by atoms with Crippen LogP contribution in [0.25, 0.3) is 0 Å². The van der Waals surface area contributed by atoms with Crippen LogP contribution < -0.4 is 15.4 Å². The molecule has 0 amide bonds. The molecule has 0 aliphatic rings. The monoisotopic (exact) mass is 335 g/mol. The molecule has 0 saturated carbocycles. The van der Waals surface area contributed by atoms with Crippen molar-refractivity contribution in [2.45, 2.75) is 59.3 Å². The van der Waals surface area contributed by atoms with E-state index in [1.807, 2.05) is 32.0 Å². The van der Waals surface area contributed by atoms with Gasteiger partial charge in [0.1, 0.15) is 11.4 Å². The van der Waals surface area contributed by atoms with Gasteiger partial charge in [0.05, 0.1) is 6.10 Å². The van der Waals surface area contributed by atoms with E-state index in [1.54, 1.807) is 7.05 Å². The Morgan fingerprint density at radius 2 is 1.88 bits per heavy atom. The second-order valence-corrected chi connectivity index (χ2v) is 6.95. The van der Waals surface area contributed by atoms with E-state index in [2.05, 4.69) is 42.5 Å². The summed E-state index contributed by atoms with van der Waals surface area (Å²) in [6.07, 6.45) is 1.23. The standard InChI is InChI=1S/C19H33N3O2/c1-15(2)23-13-9-12-21-18(20-6)22-14-16-10-7-8-11-17(16)24-19(3,4)5/h7-8,10-11,15H,9,12-14H2,1-6H3,(H2,20,21,22). The minimum atomic E-state index is -0.216. The van der Waals surface area contributed by atoms with E-state index in [4.69, 9.17) is 9.47 Å². The predicted molar refractivity (Wildman–Crippen MR) is 101 cm³/mol. The zero-order valence-corrected chi connectivity index (χ0v) is 16.0. The second kappa shape index (κ2) is 10.2. The number of rotatable bonds is 8. The molecule has 1 aromatic carbocycles. The van der Waals surface area contributed by atoms with Crippen LogP contribution in [0.3, 0.4) is 0 Å². The third-order valence-corrected chi connectivity index (χ3v) is 3.12. The van der Waals surface area contributed by atoms with Crippen molar-refractivity contribution < 1.29 is 9.47 Å². The van der Waals surface area contributed by atoms with Crippen LogP contribution in [0.2, 0.25) is 0 Å². The minimum Gasteiger partial charge on any atom is -0.488 e. The van der Waals surface area contributed by atoms with Crippen LogP contribution in [-0.2, 0) is 11.3 Å². The Morgan fingerprint density at radius 1 is 1.17 bits per heavy atom. The summed E-state index contributed by atoms with van der Waals surface area (Å²) in [5.41, 5.74) is 0.894. The van der Waals surface area contributed by atoms with E-state index in [9.17, 15) is 0 Å². The number of nitrogens with zero attached hydrogens (tertiary/aromatic N) is 1. The van der Waals surface area contributed by atoms with Gasteiger partial charge >= 0.3 is 0 Å². The lowest BCUT2D eigenvalue weighted by molar-refractivity contribution is 0.0776. The topological polar surface area (TPSA) is 54.9 Å². The van der Waals surface area contributed by atoms with Crippen LogP contribution in [0.1, 0.15) is 46.6 Å². The number of para-hydroxylation sites is 1. The highest BCUT2D eigenvalue weighted by Gasteiger charge is 2.14. The molecule has 0 radical (unpaired) electrons. The van der Waals surface area contributed by atoms with E-state index in [1.165, 1.54) is 0 Å². The average Bonchev–Trinajstić information content (AvgIpc) is 2.49. The van der Waals surface area contributed by atoms with Crippen LogP contribution >= 0.6 is 0 Å². The number of guanidine groups is 1. The fourth-order valence-corrected chi connectivity index (χ4v) is 2.08. The molecule has 0 unspecified atom stereocenters. The molecule has 0 heterocycles. The number of nitrogens with one attached hydrogen (secondary N) is 2. The second-order valence-electron chi connectivity index (χ2n) is 6.95. The van der Waals surface area contributed by atoms with Gasteiger partial charge < -0.3 is 20.1 Å². The Kier molecular flexibility index (Phi) is 8.61. The Morgan fingerprint density at radius 3 is 2.50 bits per heavy atom. The Labute approximate surface area is 146 Å². The van der Waals surface area contributed by atoms with Crippen LogP contribution in [0.4, 0.5) is 0 Å². The molecule has 2 N–H and O–H groups in total. The van der Waals surface area contributed by atoms with Gasteiger partial charge in [-0.1, -0.05) is 18.2 Å². The summed E-state index contributed by atoms with van der Waals surface area (Å²) in [6, 6.07) is 8.08. The first-order valence-electron chi connectivity index (χ1n) is 8.65. The zero-order chi connectivity index (χ0) is 18.0. The Balaban J connectivity index is 2.46. The predicted octanol–water partition coefficient (Wildman–Crippen LogP) is 3.34. The van der Waals surface area contributed by atoms with Crippen molar-refractivity contribution in [1.29, 1.82) is 0 Å². The third kappa shape index (κ3) is 8.77. The molecule has 0 fully saturated rings. The van der Waals surface area contributed by atoms with Crippen molar-refractivity contribution in [3.05, 3.63) is 29.8 Å². The Hall–Kier alpha value is -1.75. The zero-order valence-electron chi connectivity index (χ0n) is 16.0. The summed E-state index contributed by atoms with van der Waals surface area (Å²) in [5, 5.41) is 6.63. The van der Waals surface area contributed by atoms with Gasteiger partial charge in [-0.25, -0.2) is 0 Å². The van der Waals surface area contributed by atoms with Crippen molar-refractivity contribution in [1.82, 2.24) is 10.6 Å². The Bertz CT molecular complexity index is 508. The molecule has 0 aliphatic heterocycles. The number of hydrogen-bond acceptors (Lipinski definition) is 3. The van der Waals surface area contributed by atoms with Gasteiger partial charge in [0.2, 0.25) is 0 Å². The summed E-state index contributed by atoms with van der Waals surface area (Å²) < 4.78 is 11.5. The highest BCUT2D eigenvalue weighted by Crippen LogP contribution is 2.22. The van der Waals surface area contributed by atoms with Gasteiger partial charge in [-0.3, -0.25) is 4.99 Å². The van der Waals surface area contributed by atoms with Crippen molar-refractivity contribution >= 4 is 5.96 Å². The van der Waals surface area contributed by atoms with Crippen LogP contribution in [0.5, 0.6) is 5.75 Å². The summed E-state index contributed by atoms with van der Waals surface area (Å²) in [7, 11) is 1.78. The molecule has 1 rings (SSSR count). The van der Waals surface area contributed by atoms with Gasteiger partial charge in [-0.05, 0) is 47.1 Å². The van der Waals surface area contributed by atoms with E-state index in [0.29, 0.717) is 6.54 Å². The smallest absolute Gasteiger partial charge is 0.191 e. The average molecular weight is 335 g/mol. The van der Waals surface area contributed by atoms with E-state index in [0.717, 1.165) is 36.8 Å². The molecular formula is C19H33N3O2. The maximum Gasteiger partial charge on any atom is 0.191 e. The molecule has 0 atom stereocenters. The molecule has 0 spiro atoms. The lowest BCUT2D eigenvalue weighted by Gasteiger charge is -2.23. The maximum atomic E-state index is 6.02. The van der Waals surface area contributed by atoms with Crippen molar-refractivity contribution in [2.75, 3.05) is 20.2 Å². The molecule has 1 aromatic rings. The summed E-state index contributed by atoms with van der Waals surface area (Å²) in [4.78, 5) is 4.25. The quantitative estimate of drug-likeness (QED) is 0.435. The van der Waals surface area contributed by atoms with Crippen molar-refractivity contribution in [2.24, 2.45) is 4.99 Å². The van der Waals surface area contributed by atoms with Gasteiger partial charge in [-0.15, -0.1) is 0 Å². The third-order valence-electron chi connectivity index (χ3n) is 3.12. The van der Waals surface area contributed by atoms with Gasteiger partial charge in [0.15, 0.2) is 5.96 Å². The molecule has 0 bridgehead atoms. The molecule has 0 aromatic heterocycles. The van der Waals surface area contributed by atoms with Crippen molar-refractivity contribution in [3.63, 3.8) is 0 Å². The number of ether oxygens (including phenoxy) is 2.